The third-order valence-corrected chi connectivity index (χ3v) is 6.96. The molecule has 0 spiro atoms. The highest BCUT2D eigenvalue weighted by Gasteiger charge is 2.46. The summed E-state index contributed by atoms with van der Waals surface area (Å²) in [6.45, 7) is 0.0258. The van der Waals surface area contributed by atoms with E-state index in [2.05, 4.69) is 21.2 Å². The van der Waals surface area contributed by atoms with Crippen LogP contribution in [0, 0.1) is 0 Å². The molecule has 2 aromatic carbocycles. The van der Waals surface area contributed by atoms with Gasteiger partial charge >= 0.3 is 6.09 Å². The molecule has 0 bridgehead atoms. The van der Waals surface area contributed by atoms with Gasteiger partial charge in [-0.1, -0.05) is 46.3 Å². The number of nitrogens with zero attached hydrogens (tertiary/aromatic N) is 3. The Morgan fingerprint density at radius 3 is 2.41 bits per heavy atom. The third-order valence-electron chi connectivity index (χ3n) is 6.43. The molecule has 2 saturated heterocycles. The van der Waals surface area contributed by atoms with Crippen LogP contribution in [0.1, 0.15) is 31.2 Å². The molecule has 0 saturated carbocycles. The zero-order valence-electron chi connectivity index (χ0n) is 20.0. The van der Waals surface area contributed by atoms with Gasteiger partial charge in [-0.3, -0.25) is 24.2 Å². The van der Waals surface area contributed by atoms with Gasteiger partial charge in [-0.2, -0.15) is 0 Å². The number of Topliss-reactive ketones (excluding diaryl/α,β-unsaturated/α-hetero) is 1. The maximum atomic E-state index is 14.0. The number of hydrogen-bond donors (Lipinski definition) is 2. The molecule has 2 aliphatic rings. The fourth-order valence-corrected chi connectivity index (χ4v) is 4.96. The maximum absolute atomic E-state index is 14.0. The molecular weight excluding hydrogens is 544 g/mol. The Kier molecular flexibility index (Phi) is 8.22. The molecule has 11 heteroatoms. The summed E-state index contributed by atoms with van der Waals surface area (Å²) < 4.78 is 0.791. The van der Waals surface area contributed by atoms with Crippen molar-refractivity contribution in [1.29, 1.82) is 0 Å². The Morgan fingerprint density at radius 2 is 1.73 bits per heavy atom. The second-order valence-electron chi connectivity index (χ2n) is 9.00. The van der Waals surface area contributed by atoms with E-state index in [1.165, 1.54) is 9.91 Å². The van der Waals surface area contributed by atoms with Crippen molar-refractivity contribution in [1.82, 2.24) is 15.3 Å². The normalized spacial score (nSPS) is 19.6. The van der Waals surface area contributed by atoms with E-state index in [1.807, 2.05) is 30.3 Å². The van der Waals surface area contributed by atoms with Gasteiger partial charge in [0.25, 0.3) is 11.8 Å². The number of hydrogen-bond acceptors (Lipinski definition) is 5. The van der Waals surface area contributed by atoms with Crippen molar-refractivity contribution in [3.8, 4) is 0 Å². The molecule has 2 fully saturated rings. The predicted octanol–water partition coefficient (Wildman–Crippen LogP) is 2.76. The van der Waals surface area contributed by atoms with E-state index < -0.39 is 30.0 Å². The molecule has 2 heterocycles. The lowest BCUT2D eigenvalue weighted by Crippen LogP contribution is -2.64. The van der Waals surface area contributed by atoms with Crippen molar-refractivity contribution in [2.24, 2.45) is 0 Å². The van der Waals surface area contributed by atoms with Crippen molar-refractivity contribution in [3.63, 3.8) is 0 Å². The molecule has 0 radical (unpaired) electrons. The van der Waals surface area contributed by atoms with Gasteiger partial charge in [0.2, 0.25) is 5.91 Å². The van der Waals surface area contributed by atoms with E-state index in [0.29, 0.717) is 12.1 Å². The van der Waals surface area contributed by atoms with Crippen LogP contribution >= 0.6 is 15.9 Å². The van der Waals surface area contributed by atoms with Crippen molar-refractivity contribution >= 4 is 51.2 Å². The fourth-order valence-electron chi connectivity index (χ4n) is 4.69. The number of benzene rings is 2. The quantitative estimate of drug-likeness (QED) is 0.527. The largest absolute Gasteiger partial charge is 0.465 e. The van der Waals surface area contributed by atoms with Crippen LogP contribution in [0.5, 0.6) is 0 Å². The monoisotopic (exact) mass is 570 g/mol. The summed E-state index contributed by atoms with van der Waals surface area (Å²) >= 11 is 3.38. The number of hydrazine groups is 1. The minimum absolute atomic E-state index is 0.00383. The second kappa shape index (κ2) is 11.5. The summed E-state index contributed by atoms with van der Waals surface area (Å²) in [5.41, 5.74) is 1.29. The number of carbonyl (C=O) groups excluding carboxylic acids is 4. The van der Waals surface area contributed by atoms with E-state index in [-0.39, 0.29) is 50.5 Å². The molecule has 37 heavy (non-hydrogen) atoms. The number of ketones is 1. The van der Waals surface area contributed by atoms with Gasteiger partial charge in [0, 0.05) is 29.5 Å². The zero-order valence-corrected chi connectivity index (χ0v) is 21.6. The lowest BCUT2D eigenvalue weighted by atomic mass is 10.0. The number of fused-ring (bicyclic) bond motifs is 1. The second-order valence-corrected chi connectivity index (χ2v) is 9.92. The number of nitrogens with one attached hydrogen (secondary N) is 1. The minimum atomic E-state index is -1.39. The molecule has 2 atom stereocenters. The lowest BCUT2D eigenvalue weighted by molar-refractivity contribution is -0.175. The van der Waals surface area contributed by atoms with Gasteiger partial charge in [-0.25, -0.2) is 9.80 Å². The Bertz CT molecular complexity index is 1190. The molecule has 0 aliphatic carbocycles. The first kappa shape index (κ1) is 26.3. The molecule has 2 aromatic rings. The van der Waals surface area contributed by atoms with E-state index in [4.69, 9.17) is 0 Å². The Labute approximate surface area is 222 Å². The summed E-state index contributed by atoms with van der Waals surface area (Å²) in [5.74, 6) is -1.71. The number of carboxylic acid groups (broad SMARTS) is 1. The fraction of sp³-hybridized carbons (Fsp3) is 0.346. The number of rotatable bonds is 7. The highest BCUT2D eigenvalue weighted by molar-refractivity contribution is 9.10. The highest BCUT2D eigenvalue weighted by Crippen LogP contribution is 2.28. The first-order chi connectivity index (χ1) is 17.7. The van der Waals surface area contributed by atoms with Gasteiger partial charge < -0.3 is 15.3 Å². The Morgan fingerprint density at radius 1 is 1.03 bits per heavy atom. The van der Waals surface area contributed by atoms with E-state index in [0.717, 1.165) is 15.0 Å². The molecule has 194 valence electrons. The van der Waals surface area contributed by atoms with Crippen molar-refractivity contribution in [3.05, 3.63) is 64.6 Å². The van der Waals surface area contributed by atoms with Crippen LogP contribution in [-0.4, -0.2) is 69.9 Å². The van der Waals surface area contributed by atoms with Gasteiger partial charge in [0.15, 0.2) is 5.78 Å². The minimum Gasteiger partial charge on any atom is -0.465 e. The summed E-state index contributed by atoms with van der Waals surface area (Å²) in [6.07, 6.45) is -0.529. The Balaban J connectivity index is 1.65. The van der Waals surface area contributed by atoms with Crippen LogP contribution in [0.3, 0.4) is 0 Å². The van der Waals surface area contributed by atoms with Crippen LogP contribution in [0.15, 0.2) is 59.1 Å². The molecule has 4 rings (SSSR count). The van der Waals surface area contributed by atoms with Gasteiger partial charge in [0.1, 0.15) is 12.1 Å². The van der Waals surface area contributed by atoms with E-state index >= 15 is 0 Å². The van der Waals surface area contributed by atoms with E-state index in [1.54, 1.807) is 24.3 Å². The number of anilines is 1. The summed E-state index contributed by atoms with van der Waals surface area (Å²) in [4.78, 5) is 65.9. The molecule has 0 aromatic heterocycles. The number of carbonyl (C=O) groups is 5. The first-order valence-electron chi connectivity index (χ1n) is 12.0. The van der Waals surface area contributed by atoms with Crippen LogP contribution in [0.2, 0.25) is 0 Å². The average molecular weight is 571 g/mol. The molecule has 4 amide bonds. The Hall–Kier alpha value is -3.73. The zero-order chi connectivity index (χ0) is 26.5. The number of halogens is 1. The predicted molar refractivity (Wildman–Crippen MR) is 137 cm³/mol. The maximum Gasteiger partial charge on any atom is 0.405 e. The molecule has 2 N–H and O–H groups in total. The van der Waals surface area contributed by atoms with Crippen LogP contribution < -0.4 is 10.2 Å². The van der Waals surface area contributed by atoms with Crippen molar-refractivity contribution in [2.45, 2.75) is 44.2 Å². The third kappa shape index (κ3) is 6.16. The first-order valence-corrected chi connectivity index (χ1v) is 12.8. The smallest absolute Gasteiger partial charge is 0.405 e. The van der Waals surface area contributed by atoms with Gasteiger partial charge in [-0.15, -0.1) is 0 Å². The van der Waals surface area contributed by atoms with Crippen molar-refractivity contribution in [2.75, 3.05) is 18.0 Å². The van der Waals surface area contributed by atoms with Gasteiger partial charge in [-0.05, 0) is 49.1 Å². The van der Waals surface area contributed by atoms with Crippen LogP contribution in [0.4, 0.5) is 10.5 Å². The molecule has 0 unspecified atom stereocenters. The highest BCUT2D eigenvalue weighted by atomic mass is 79.9. The molecular formula is C26H27BrN4O6. The molecule has 2 aliphatic heterocycles. The van der Waals surface area contributed by atoms with E-state index in [9.17, 15) is 29.1 Å². The molecule has 10 nitrogen and oxygen atoms in total. The lowest BCUT2D eigenvalue weighted by Gasteiger charge is -2.44. The van der Waals surface area contributed by atoms with Crippen molar-refractivity contribution < 1.29 is 29.1 Å². The van der Waals surface area contributed by atoms with Crippen LogP contribution in [0.25, 0.3) is 0 Å². The summed E-state index contributed by atoms with van der Waals surface area (Å²) in [5, 5.41) is 13.7. The summed E-state index contributed by atoms with van der Waals surface area (Å²) in [7, 11) is 0. The number of amides is 4. The standard InChI is InChI=1S/C26H27BrN4O6/c27-18-8-10-19(11-9-18)29(16-20(32)15-17-5-2-1-3-6-17)25(35)22-7-4-14-30-23(33)13-12-21(28-26(36)37)24(34)31(22)30/h1-3,5-6,8-11,21-22,28H,4,7,12-16H2,(H,36,37)/t21-,22-/m0/s1. The topological polar surface area (TPSA) is 127 Å². The van der Waals surface area contributed by atoms with Crippen LogP contribution in [-0.2, 0) is 25.6 Å². The SMILES string of the molecule is O=C(Cc1ccccc1)CN(C(=O)[C@@H]1CCCN2C(=O)CC[C@H](NC(=O)O)C(=O)N12)c1ccc(Br)cc1. The van der Waals surface area contributed by atoms with Gasteiger partial charge in [0.05, 0.1) is 6.54 Å². The average Bonchev–Trinajstić information content (AvgIpc) is 3.00. The summed E-state index contributed by atoms with van der Waals surface area (Å²) in [6, 6.07) is 13.9.